The average molecular weight is 288 g/mol. The Bertz CT molecular complexity index is 320. The zero-order valence-corrected chi connectivity index (χ0v) is 12.0. The Labute approximate surface area is 118 Å². The number of aldehydes is 1. The van der Waals surface area contributed by atoms with Gasteiger partial charge < -0.3 is 25.7 Å². The third-order valence-corrected chi connectivity index (χ3v) is 2.47. The first kappa shape index (κ1) is 18.5. The fraction of sp³-hybridized carbons (Fsp3) is 0.769. The second-order valence-corrected chi connectivity index (χ2v) is 5.02. The van der Waals surface area contributed by atoms with Crippen LogP contribution >= 0.6 is 0 Å². The van der Waals surface area contributed by atoms with E-state index in [4.69, 9.17) is 10.5 Å². The average Bonchev–Trinajstić information content (AvgIpc) is 2.39. The molecule has 0 saturated carbocycles. The van der Waals surface area contributed by atoms with Crippen LogP contribution in [0.1, 0.15) is 33.1 Å². The summed E-state index contributed by atoms with van der Waals surface area (Å²) in [6, 6.07) is -0.801. The Morgan fingerprint density at radius 3 is 2.60 bits per heavy atom. The van der Waals surface area contributed by atoms with Gasteiger partial charge in [0.15, 0.2) is 0 Å². The second kappa shape index (κ2) is 10.3. The van der Waals surface area contributed by atoms with Crippen LogP contribution in [0.2, 0.25) is 0 Å². The third kappa shape index (κ3) is 9.46. The summed E-state index contributed by atoms with van der Waals surface area (Å²) in [7, 11) is 0. The lowest BCUT2D eigenvalue weighted by molar-refractivity contribution is -0.144. The summed E-state index contributed by atoms with van der Waals surface area (Å²) in [5.41, 5.74) is 5.26. The van der Waals surface area contributed by atoms with E-state index in [2.05, 4.69) is 5.32 Å². The maximum absolute atomic E-state index is 11.4. The van der Waals surface area contributed by atoms with Crippen LogP contribution in [0.3, 0.4) is 0 Å². The summed E-state index contributed by atoms with van der Waals surface area (Å²) in [5.74, 6) is -0.679. The molecule has 4 N–H and O–H groups in total. The van der Waals surface area contributed by atoms with E-state index in [0.29, 0.717) is 19.1 Å². The first-order chi connectivity index (χ1) is 9.36. The van der Waals surface area contributed by atoms with Gasteiger partial charge >= 0.3 is 5.97 Å². The van der Waals surface area contributed by atoms with Crippen molar-refractivity contribution in [3.8, 4) is 0 Å². The van der Waals surface area contributed by atoms with Crippen molar-refractivity contribution in [3.63, 3.8) is 0 Å². The minimum absolute atomic E-state index is 0.117. The van der Waals surface area contributed by atoms with Crippen molar-refractivity contribution in [3.05, 3.63) is 0 Å². The minimum Gasteiger partial charge on any atom is -0.464 e. The van der Waals surface area contributed by atoms with Gasteiger partial charge in [-0.3, -0.25) is 9.59 Å². The van der Waals surface area contributed by atoms with Gasteiger partial charge in [0, 0.05) is 13.0 Å². The predicted octanol–water partition coefficient (Wildman–Crippen LogP) is -0.641. The van der Waals surface area contributed by atoms with Crippen LogP contribution in [0.5, 0.6) is 0 Å². The van der Waals surface area contributed by atoms with Crippen LogP contribution in [0, 0.1) is 5.92 Å². The summed E-state index contributed by atoms with van der Waals surface area (Å²) in [4.78, 5) is 32.9. The number of hydrogen-bond donors (Lipinski definition) is 3. The number of aliphatic hydroxyl groups is 1. The summed E-state index contributed by atoms with van der Waals surface area (Å²) in [5, 5.41) is 12.1. The number of hydrogen-bond acceptors (Lipinski definition) is 6. The Morgan fingerprint density at radius 2 is 2.05 bits per heavy atom. The molecule has 0 aromatic carbocycles. The van der Waals surface area contributed by atoms with Crippen LogP contribution < -0.4 is 11.1 Å². The lowest BCUT2D eigenvalue weighted by Gasteiger charge is -2.13. The number of aliphatic hydroxyl groups excluding tert-OH is 1. The van der Waals surface area contributed by atoms with Crippen LogP contribution in [-0.4, -0.2) is 48.6 Å². The highest BCUT2D eigenvalue weighted by atomic mass is 16.5. The van der Waals surface area contributed by atoms with Crippen LogP contribution in [0.15, 0.2) is 0 Å². The van der Waals surface area contributed by atoms with Gasteiger partial charge in [0.05, 0.1) is 6.04 Å². The quantitative estimate of drug-likeness (QED) is 0.279. The SMILES string of the molecule is CC(C)CC(O)C(=O)NCCCC(=O)OCC(N)C=O. The van der Waals surface area contributed by atoms with Gasteiger partial charge in [-0.15, -0.1) is 0 Å². The highest BCUT2D eigenvalue weighted by Gasteiger charge is 2.15. The number of amides is 1. The van der Waals surface area contributed by atoms with Gasteiger partial charge in [0.25, 0.3) is 0 Å². The van der Waals surface area contributed by atoms with E-state index in [1.165, 1.54) is 0 Å². The zero-order valence-electron chi connectivity index (χ0n) is 12.0. The first-order valence-corrected chi connectivity index (χ1v) is 6.69. The van der Waals surface area contributed by atoms with Crippen molar-refractivity contribution in [2.75, 3.05) is 13.2 Å². The topological polar surface area (TPSA) is 119 Å². The monoisotopic (exact) mass is 288 g/mol. The van der Waals surface area contributed by atoms with Gasteiger partial charge in [-0.2, -0.15) is 0 Å². The van der Waals surface area contributed by atoms with Crippen LogP contribution in [0.25, 0.3) is 0 Å². The molecule has 116 valence electrons. The molecular weight excluding hydrogens is 264 g/mol. The Kier molecular flexibility index (Phi) is 9.57. The maximum Gasteiger partial charge on any atom is 0.305 e. The van der Waals surface area contributed by atoms with E-state index >= 15 is 0 Å². The lowest BCUT2D eigenvalue weighted by atomic mass is 10.1. The van der Waals surface area contributed by atoms with Gasteiger partial charge in [-0.1, -0.05) is 13.8 Å². The number of carbonyl (C=O) groups excluding carboxylic acids is 3. The van der Waals surface area contributed by atoms with Gasteiger partial charge in [-0.25, -0.2) is 0 Å². The molecule has 0 aromatic rings. The Hall–Kier alpha value is -1.47. The van der Waals surface area contributed by atoms with E-state index < -0.39 is 24.0 Å². The summed E-state index contributed by atoms with van der Waals surface area (Å²) < 4.78 is 4.74. The van der Waals surface area contributed by atoms with E-state index in [1.807, 2.05) is 13.8 Å². The minimum atomic E-state index is -1.02. The molecule has 0 aliphatic rings. The van der Waals surface area contributed by atoms with Gasteiger partial charge in [-0.05, 0) is 18.8 Å². The molecule has 20 heavy (non-hydrogen) atoms. The van der Waals surface area contributed by atoms with Crippen molar-refractivity contribution in [1.29, 1.82) is 0 Å². The molecule has 0 aliphatic heterocycles. The van der Waals surface area contributed by atoms with Crippen LogP contribution in [-0.2, 0) is 19.1 Å². The van der Waals surface area contributed by atoms with Crippen molar-refractivity contribution >= 4 is 18.2 Å². The lowest BCUT2D eigenvalue weighted by Crippen LogP contribution is -2.36. The summed E-state index contributed by atoms with van der Waals surface area (Å²) >= 11 is 0. The Balaban J connectivity index is 3.67. The molecule has 0 heterocycles. The van der Waals surface area contributed by atoms with Crippen LogP contribution in [0.4, 0.5) is 0 Å². The smallest absolute Gasteiger partial charge is 0.305 e. The van der Waals surface area contributed by atoms with E-state index in [0.717, 1.165) is 0 Å². The molecule has 7 nitrogen and oxygen atoms in total. The molecule has 0 fully saturated rings. The second-order valence-electron chi connectivity index (χ2n) is 5.02. The number of rotatable bonds is 10. The van der Waals surface area contributed by atoms with E-state index in [1.54, 1.807) is 0 Å². The zero-order chi connectivity index (χ0) is 15.5. The van der Waals surface area contributed by atoms with Crippen molar-refractivity contribution in [2.24, 2.45) is 11.7 Å². The highest BCUT2D eigenvalue weighted by molar-refractivity contribution is 5.80. The molecule has 0 radical (unpaired) electrons. The van der Waals surface area contributed by atoms with E-state index in [-0.39, 0.29) is 25.5 Å². The fourth-order valence-electron chi connectivity index (χ4n) is 1.42. The molecule has 2 atom stereocenters. The molecule has 7 heteroatoms. The Morgan fingerprint density at radius 1 is 1.40 bits per heavy atom. The van der Waals surface area contributed by atoms with Gasteiger partial charge in [0.2, 0.25) is 5.91 Å². The maximum atomic E-state index is 11.4. The largest absolute Gasteiger partial charge is 0.464 e. The first-order valence-electron chi connectivity index (χ1n) is 6.69. The predicted molar refractivity (Wildman–Crippen MR) is 72.7 cm³/mol. The summed E-state index contributed by atoms with van der Waals surface area (Å²) in [6.07, 6.45) is 0.398. The van der Waals surface area contributed by atoms with Crippen molar-refractivity contribution < 1.29 is 24.2 Å². The fourth-order valence-corrected chi connectivity index (χ4v) is 1.42. The van der Waals surface area contributed by atoms with E-state index in [9.17, 15) is 19.5 Å². The molecule has 0 aliphatic carbocycles. The number of ether oxygens (including phenoxy) is 1. The number of nitrogens with two attached hydrogens (primary N) is 1. The normalized spacial score (nSPS) is 13.7. The molecule has 0 rings (SSSR count). The van der Waals surface area contributed by atoms with Crippen molar-refractivity contribution in [2.45, 2.75) is 45.3 Å². The standard InChI is InChI=1S/C13H24N2O5/c1-9(2)6-11(17)13(19)15-5-3-4-12(18)20-8-10(14)7-16/h7,9-11,17H,3-6,8,14H2,1-2H3,(H,15,19). The number of carbonyl (C=O) groups is 3. The highest BCUT2D eigenvalue weighted by Crippen LogP contribution is 2.04. The summed E-state index contributed by atoms with van der Waals surface area (Å²) in [6.45, 7) is 3.97. The molecule has 0 aromatic heterocycles. The molecule has 0 bridgehead atoms. The molecule has 1 amide bonds. The molecule has 0 saturated heterocycles. The third-order valence-electron chi connectivity index (χ3n) is 2.47. The van der Waals surface area contributed by atoms with Gasteiger partial charge in [0.1, 0.15) is 19.0 Å². The number of nitrogens with one attached hydrogen (secondary N) is 1. The molecule has 2 unspecified atom stereocenters. The van der Waals surface area contributed by atoms with Crippen molar-refractivity contribution in [1.82, 2.24) is 5.32 Å². The number of esters is 1. The molecular formula is C13H24N2O5. The molecule has 0 spiro atoms.